The molecule has 2 aromatic rings. The third-order valence-electron chi connectivity index (χ3n) is 2.93. The first kappa shape index (κ1) is 13.0. The van der Waals surface area contributed by atoms with Gasteiger partial charge in [-0.15, -0.1) is 0 Å². The van der Waals surface area contributed by atoms with Gasteiger partial charge in [-0.25, -0.2) is 0 Å². The smallest absolute Gasteiger partial charge is 0.175 e. The predicted molar refractivity (Wildman–Crippen MR) is 74.6 cm³/mol. The maximum absolute atomic E-state index is 5.88. The van der Waals surface area contributed by atoms with Crippen LogP contribution in [0.3, 0.4) is 0 Å². The molecule has 0 unspecified atom stereocenters. The molecular weight excluding hydrogens is 248 g/mol. The molecule has 0 atom stereocenters. The minimum Gasteiger partial charge on any atom is -0.380 e. The van der Waals surface area contributed by atoms with Gasteiger partial charge >= 0.3 is 0 Å². The van der Waals surface area contributed by atoms with Gasteiger partial charge < -0.3 is 10.3 Å². The highest BCUT2D eigenvalue weighted by Gasteiger charge is 2.15. The molecule has 1 heterocycles. The molecule has 4 heteroatoms. The van der Waals surface area contributed by atoms with Gasteiger partial charge in [-0.1, -0.05) is 48.7 Å². The number of halogens is 1. The number of anilines is 1. The van der Waals surface area contributed by atoms with Crippen molar-refractivity contribution in [2.75, 3.05) is 5.73 Å². The summed E-state index contributed by atoms with van der Waals surface area (Å²) in [4.78, 5) is 0. The molecule has 0 saturated heterocycles. The fraction of sp³-hybridized carbons (Fsp3) is 0.357. The normalized spacial score (nSPS) is 10.8. The maximum Gasteiger partial charge on any atom is 0.175 e. The molecule has 0 radical (unpaired) electrons. The average Bonchev–Trinajstić information content (AvgIpc) is 2.72. The van der Waals surface area contributed by atoms with Crippen LogP contribution in [0.25, 0.3) is 11.1 Å². The Morgan fingerprint density at radius 2 is 1.94 bits per heavy atom. The van der Waals surface area contributed by atoms with Crippen LogP contribution in [0.2, 0.25) is 5.02 Å². The second-order valence-corrected chi connectivity index (χ2v) is 4.77. The Kier molecular flexibility index (Phi) is 4.26. The van der Waals surface area contributed by atoms with Gasteiger partial charge in [-0.2, -0.15) is 0 Å². The summed E-state index contributed by atoms with van der Waals surface area (Å²) in [6.07, 6.45) is 4.32. The van der Waals surface area contributed by atoms with E-state index in [9.17, 15) is 0 Å². The third-order valence-corrected chi connectivity index (χ3v) is 3.18. The summed E-state index contributed by atoms with van der Waals surface area (Å²) in [5.74, 6) is 1.31. The number of aryl methyl sites for hydroxylation is 1. The first-order chi connectivity index (χ1) is 8.72. The fourth-order valence-corrected chi connectivity index (χ4v) is 2.10. The molecule has 0 aliphatic carbocycles. The Labute approximate surface area is 112 Å². The Morgan fingerprint density at radius 1 is 1.22 bits per heavy atom. The van der Waals surface area contributed by atoms with Crippen molar-refractivity contribution in [3.05, 3.63) is 35.0 Å². The van der Waals surface area contributed by atoms with Crippen LogP contribution in [-0.2, 0) is 6.42 Å². The van der Waals surface area contributed by atoms with Crippen LogP contribution in [0, 0.1) is 0 Å². The van der Waals surface area contributed by atoms with Crippen molar-refractivity contribution in [3.63, 3.8) is 0 Å². The second-order valence-electron chi connectivity index (χ2n) is 4.33. The summed E-state index contributed by atoms with van der Waals surface area (Å²) in [5, 5.41) is 4.57. The Bertz CT molecular complexity index is 505. The monoisotopic (exact) mass is 264 g/mol. The largest absolute Gasteiger partial charge is 0.380 e. The van der Waals surface area contributed by atoms with Gasteiger partial charge in [0.15, 0.2) is 5.82 Å². The third kappa shape index (κ3) is 2.85. The van der Waals surface area contributed by atoms with E-state index in [1.54, 1.807) is 0 Å². The minimum atomic E-state index is 0.448. The van der Waals surface area contributed by atoms with Gasteiger partial charge in [0.2, 0.25) is 0 Å². The molecular formula is C14H17ClN2O. The minimum absolute atomic E-state index is 0.448. The number of rotatable bonds is 5. The van der Waals surface area contributed by atoms with E-state index in [1.165, 1.54) is 12.8 Å². The quantitative estimate of drug-likeness (QED) is 0.819. The SMILES string of the molecule is CCCCCc1onc(N)c1-c1ccc(Cl)cc1. The first-order valence-corrected chi connectivity index (χ1v) is 6.60. The summed E-state index contributed by atoms with van der Waals surface area (Å²) in [6, 6.07) is 7.57. The maximum atomic E-state index is 5.88. The number of aromatic nitrogens is 1. The molecule has 3 nitrogen and oxygen atoms in total. The number of nitrogen functional groups attached to an aromatic ring is 1. The van der Waals surface area contributed by atoms with Crippen molar-refractivity contribution in [3.8, 4) is 11.1 Å². The van der Waals surface area contributed by atoms with Crippen molar-refractivity contribution in [1.82, 2.24) is 5.16 Å². The lowest BCUT2D eigenvalue weighted by Gasteiger charge is -2.02. The molecule has 0 amide bonds. The van der Waals surface area contributed by atoms with Crippen molar-refractivity contribution >= 4 is 17.4 Å². The molecule has 2 N–H and O–H groups in total. The number of hydrogen-bond donors (Lipinski definition) is 1. The standard InChI is InChI=1S/C14H17ClN2O/c1-2-3-4-5-12-13(14(16)17-18-12)10-6-8-11(15)9-7-10/h6-9H,2-5H2,1H3,(H2,16,17). The van der Waals surface area contributed by atoms with Crippen molar-refractivity contribution in [1.29, 1.82) is 0 Å². The molecule has 0 saturated carbocycles. The second kappa shape index (κ2) is 5.91. The van der Waals surface area contributed by atoms with Crippen molar-refractivity contribution in [2.45, 2.75) is 32.6 Å². The van der Waals surface area contributed by atoms with Gasteiger partial charge in [0, 0.05) is 11.4 Å². The Morgan fingerprint density at radius 3 is 2.61 bits per heavy atom. The summed E-state index contributed by atoms with van der Waals surface area (Å²) < 4.78 is 5.32. The van der Waals surface area contributed by atoms with Crippen LogP contribution in [0.15, 0.2) is 28.8 Å². The molecule has 96 valence electrons. The van der Waals surface area contributed by atoms with Crippen LogP contribution >= 0.6 is 11.6 Å². The number of nitrogens with two attached hydrogens (primary N) is 1. The first-order valence-electron chi connectivity index (χ1n) is 6.22. The molecule has 0 aliphatic heterocycles. The van der Waals surface area contributed by atoms with Gasteiger partial charge in [0.25, 0.3) is 0 Å². The van der Waals surface area contributed by atoms with E-state index in [0.717, 1.165) is 29.7 Å². The zero-order valence-electron chi connectivity index (χ0n) is 10.4. The van der Waals surface area contributed by atoms with E-state index >= 15 is 0 Å². The molecule has 0 fully saturated rings. The van der Waals surface area contributed by atoms with Crippen LogP contribution in [0.1, 0.15) is 31.9 Å². The van der Waals surface area contributed by atoms with Crippen LogP contribution in [0.5, 0.6) is 0 Å². The van der Waals surface area contributed by atoms with Crippen molar-refractivity contribution in [2.24, 2.45) is 0 Å². The molecule has 2 rings (SSSR count). The lowest BCUT2D eigenvalue weighted by Crippen LogP contribution is -1.91. The lowest BCUT2D eigenvalue weighted by molar-refractivity contribution is 0.382. The van der Waals surface area contributed by atoms with E-state index in [4.69, 9.17) is 21.9 Å². The van der Waals surface area contributed by atoms with Crippen LogP contribution < -0.4 is 5.73 Å². The highest BCUT2D eigenvalue weighted by Crippen LogP contribution is 2.31. The zero-order chi connectivity index (χ0) is 13.0. The van der Waals surface area contributed by atoms with E-state index in [1.807, 2.05) is 24.3 Å². The summed E-state index contributed by atoms with van der Waals surface area (Å²) in [7, 11) is 0. The number of nitrogens with zero attached hydrogens (tertiary/aromatic N) is 1. The topological polar surface area (TPSA) is 52.0 Å². The lowest BCUT2D eigenvalue weighted by atomic mass is 10.0. The van der Waals surface area contributed by atoms with Crippen LogP contribution in [0.4, 0.5) is 5.82 Å². The molecule has 0 spiro atoms. The predicted octanol–water partition coefficient (Wildman–Crippen LogP) is 4.31. The molecule has 1 aromatic carbocycles. The summed E-state index contributed by atoms with van der Waals surface area (Å²) in [5.41, 5.74) is 7.79. The number of benzene rings is 1. The zero-order valence-corrected chi connectivity index (χ0v) is 11.2. The average molecular weight is 265 g/mol. The van der Waals surface area contributed by atoms with Gasteiger partial charge in [0.05, 0.1) is 5.56 Å². The molecule has 1 aromatic heterocycles. The summed E-state index contributed by atoms with van der Waals surface area (Å²) in [6.45, 7) is 2.18. The molecule has 0 aliphatic rings. The van der Waals surface area contributed by atoms with Gasteiger partial charge in [-0.3, -0.25) is 0 Å². The van der Waals surface area contributed by atoms with E-state index in [0.29, 0.717) is 10.8 Å². The van der Waals surface area contributed by atoms with E-state index < -0.39 is 0 Å². The Balaban J connectivity index is 2.25. The van der Waals surface area contributed by atoms with E-state index in [-0.39, 0.29) is 0 Å². The van der Waals surface area contributed by atoms with Gasteiger partial charge in [0.1, 0.15) is 5.76 Å². The van der Waals surface area contributed by atoms with Crippen LogP contribution in [-0.4, -0.2) is 5.16 Å². The summed E-state index contributed by atoms with van der Waals surface area (Å²) >= 11 is 5.88. The molecule has 18 heavy (non-hydrogen) atoms. The van der Waals surface area contributed by atoms with Gasteiger partial charge in [-0.05, 0) is 24.1 Å². The highest BCUT2D eigenvalue weighted by atomic mass is 35.5. The molecule has 0 bridgehead atoms. The highest BCUT2D eigenvalue weighted by molar-refractivity contribution is 6.30. The van der Waals surface area contributed by atoms with Crippen molar-refractivity contribution < 1.29 is 4.52 Å². The van der Waals surface area contributed by atoms with E-state index in [2.05, 4.69) is 12.1 Å². The fourth-order valence-electron chi connectivity index (χ4n) is 1.97. The number of unbranched alkanes of at least 4 members (excludes halogenated alkanes) is 2. The Hall–Kier alpha value is -1.48. The number of hydrogen-bond acceptors (Lipinski definition) is 3.